The monoisotopic (exact) mass is 1590 g/mol. The summed E-state index contributed by atoms with van der Waals surface area (Å²) in [6.07, 6.45) is -6.84. The minimum Gasteiger partial charge on any atom is -0.508 e. The Hall–Kier alpha value is -9.01. The number of Topliss-reactive ketones (excluding diaryl/α,β-unsaturated/α-hetero) is 3. The maximum atomic E-state index is 16.5. The van der Waals surface area contributed by atoms with Crippen molar-refractivity contribution in [1.29, 1.82) is 0 Å². The van der Waals surface area contributed by atoms with Gasteiger partial charge in [-0.2, -0.15) is 0 Å². The average molecular weight is 1590 g/mol. The lowest BCUT2D eigenvalue weighted by atomic mass is 9.51. The summed E-state index contributed by atoms with van der Waals surface area (Å²) in [6.45, 7) is 4.98. The number of imide groups is 1. The highest BCUT2D eigenvalue weighted by atomic mass is 35.5. The molecular weight excluding hydrogens is 1490 g/mol. The Labute approximate surface area is 656 Å². The first-order valence-corrected chi connectivity index (χ1v) is 39.1. The molecule has 5 unspecified atom stereocenters. The van der Waals surface area contributed by atoms with Crippen molar-refractivity contribution in [1.82, 2.24) is 37.2 Å². The van der Waals surface area contributed by atoms with E-state index in [9.17, 15) is 60.3 Å². The molecule has 29 nitrogen and oxygen atoms in total. The highest BCUT2D eigenvalue weighted by molar-refractivity contribution is 6.32. The zero-order valence-electron chi connectivity index (χ0n) is 62.4. The fraction of sp³-hybridized carbons (Fsp3) is 0.519. The van der Waals surface area contributed by atoms with Crippen molar-refractivity contribution in [3.63, 3.8) is 0 Å². The number of aliphatic hydroxyl groups excluding tert-OH is 6. The number of aliphatic hydroxyl groups is 6. The number of phenolic OH excluding ortho intramolecular Hbond substituents is 3. The molecule has 0 spiro atoms. The van der Waals surface area contributed by atoms with Gasteiger partial charge < -0.3 is 96.8 Å². The van der Waals surface area contributed by atoms with Crippen LogP contribution in [0.4, 0.5) is 4.79 Å². The number of unbranched alkanes of at least 4 members (excludes halogenated alkanes) is 5. The summed E-state index contributed by atoms with van der Waals surface area (Å²) >= 11 is 14.3. The van der Waals surface area contributed by atoms with E-state index in [0.717, 1.165) is 101 Å². The van der Waals surface area contributed by atoms with E-state index in [0.29, 0.717) is 18.3 Å². The Morgan fingerprint density at radius 1 is 0.643 bits per heavy atom. The number of ketones is 3. The molecule has 14 atom stereocenters. The SMILES string of the molecule is CCCCCCCCNC(=O)NC(=O)C[C@@H]1CC(=O)[C@H](NC(=O)[C@@H](CC(C)C)NC)[C@H](O)c2ccc(c(Cl)c2)Oc2cc3cc(c2OC2OC(CO)C(O)C(O)C2O)Oc2ccc(cc2Cl)[C@@H](O)[C@H]2NC(=O)[C@H](CC(=O)[C@@H]3NC1=O)c1ccc(O)c(c1)-c1c(O)cc(O)cc1[C@@H](C(=O)CC1C3CC4CC(C3)CC1C4)NC2=O. The molecule has 5 fully saturated rings. The summed E-state index contributed by atoms with van der Waals surface area (Å²) in [4.78, 5) is 137. The number of benzene rings is 5. The van der Waals surface area contributed by atoms with Gasteiger partial charge in [-0.05, 0) is 170 Å². The molecule has 0 radical (unpaired) electrons. The maximum absolute atomic E-state index is 16.5. The van der Waals surface area contributed by atoms with Crippen LogP contribution in [0.25, 0.3) is 11.1 Å². The van der Waals surface area contributed by atoms with Gasteiger partial charge in [-0.25, -0.2) is 4.79 Å². The van der Waals surface area contributed by atoms with E-state index in [1.807, 2.05) is 13.8 Å². The van der Waals surface area contributed by atoms with Gasteiger partial charge in [0.15, 0.2) is 28.8 Å². The van der Waals surface area contributed by atoms with Crippen LogP contribution in [0.1, 0.15) is 182 Å². The molecule has 0 aromatic heterocycles. The molecule has 5 aromatic carbocycles. The number of nitrogens with one attached hydrogen (secondary N) is 7. The third kappa shape index (κ3) is 18.3. The van der Waals surface area contributed by atoms with Gasteiger partial charge in [0, 0.05) is 49.4 Å². The summed E-state index contributed by atoms with van der Waals surface area (Å²) in [5.74, 6) is -15.2. The minimum absolute atomic E-state index is 0.0650. The number of hydrogen-bond acceptors (Lipinski definition) is 23. The van der Waals surface area contributed by atoms with Crippen molar-refractivity contribution in [2.75, 3.05) is 20.2 Å². The number of hydrogen-bond donors (Lipinski definition) is 16. The number of fused-ring (bicyclic) bond motifs is 15. The van der Waals surface area contributed by atoms with Crippen LogP contribution in [0.2, 0.25) is 10.0 Å². The van der Waals surface area contributed by atoms with Crippen molar-refractivity contribution in [2.24, 2.45) is 41.4 Å². The van der Waals surface area contributed by atoms with Gasteiger partial charge in [-0.1, -0.05) is 94.3 Å². The van der Waals surface area contributed by atoms with E-state index in [2.05, 4.69) is 44.1 Å². The second-order valence-corrected chi connectivity index (χ2v) is 32.1. The van der Waals surface area contributed by atoms with Gasteiger partial charge in [-0.3, -0.25) is 43.7 Å². The molecule has 5 aromatic rings. The van der Waals surface area contributed by atoms with E-state index >= 15 is 28.8 Å². The number of amides is 7. The van der Waals surface area contributed by atoms with Crippen LogP contribution in [-0.2, 0) is 43.1 Å². The molecule has 10 aliphatic rings. The van der Waals surface area contributed by atoms with Crippen LogP contribution < -0.4 is 51.4 Å². The van der Waals surface area contributed by atoms with Gasteiger partial charge >= 0.3 is 6.03 Å². The summed E-state index contributed by atoms with van der Waals surface area (Å²) < 4.78 is 25.5. The van der Waals surface area contributed by atoms with E-state index in [4.69, 9.17) is 42.1 Å². The van der Waals surface area contributed by atoms with Crippen LogP contribution >= 0.6 is 23.2 Å². The van der Waals surface area contributed by atoms with Gasteiger partial charge in [0.05, 0.1) is 34.5 Å². The number of halogens is 2. The summed E-state index contributed by atoms with van der Waals surface area (Å²) in [5.41, 5.74) is -1.55. The molecule has 6 heterocycles. The summed E-state index contributed by atoms with van der Waals surface area (Å²) in [7, 11) is 1.51. The molecular formula is C81H97Cl2N7O22. The molecule has 7 amide bonds. The number of aromatic hydroxyl groups is 3. The lowest BCUT2D eigenvalue weighted by Crippen LogP contribution is -2.60. The summed E-state index contributed by atoms with van der Waals surface area (Å²) in [5, 5.41) is 123. The third-order valence-electron chi connectivity index (χ3n) is 23.0. The Bertz CT molecular complexity index is 4380. The van der Waals surface area contributed by atoms with Crippen LogP contribution in [0, 0.1) is 41.4 Å². The Morgan fingerprint density at radius 3 is 1.90 bits per heavy atom. The molecule has 1 saturated heterocycles. The fourth-order valence-corrected chi connectivity index (χ4v) is 17.8. The molecule has 31 heteroatoms. The van der Waals surface area contributed by atoms with Gasteiger partial charge in [0.1, 0.15) is 89.5 Å². The van der Waals surface area contributed by atoms with Gasteiger partial charge in [-0.15, -0.1) is 0 Å². The van der Waals surface area contributed by atoms with Crippen molar-refractivity contribution < 1.29 is 108 Å². The van der Waals surface area contributed by atoms with E-state index in [-0.39, 0.29) is 104 Å². The number of likely N-dealkylation sites (N-methyl/N-ethyl adjacent to an activating group) is 1. The standard InChI is InChI=1S/C81H97Cl2N7O22/c1-5-6-7-8-9-10-17-85-81(108)86-64(98)30-45-27-56(95)68(89-78(106)53(84-4)18-36(2)3)70(99)40-12-15-59(51(82)25-40)109-61-28-44-29-62(75(61)112-80-74(103)73(102)72(101)63(35-91)111-80)110-60-16-13-41(26-52(60)83)71(100)69-79(107)88-67(58(97)33-47-42-20-37-19-38(22-42)23-43(47)21-37)50-31-46(92)32-55(94)65(50)49-24-39(11-14-54(49)93)48(77(105)90-69)34-57(96)66(44)87-76(45)104/h11-16,24-26,28-29,31-32,36-38,42-43,45,47-48,53,63,66-74,80,84,91-94,99-103H,5-10,17-23,27,30,33-35H2,1-4H3,(H,87,104)(H,88,107)(H,89,106)(H,90,105)(H2,85,86,98,108)/t37?,38?,42?,43?,45-,47?,48+,53+,63?,66+,67-,68-,69+,70+,71+,72?,73?,74?,80?/m0/s1. The first-order valence-electron chi connectivity index (χ1n) is 38.4. The predicted molar refractivity (Wildman–Crippen MR) is 404 cm³/mol. The van der Waals surface area contributed by atoms with Crippen LogP contribution in [0.5, 0.6) is 46.0 Å². The number of urea groups is 1. The first-order chi connectivity index (χ1) is 53.5. The molecule has 112 heavy (non-hydrogen) atoms. The Balaban J connectivity index is 1.04. The predicted octanol–water partition coefficient (Wildman–Crippen LogP) is 7.49. The molecule has 15 rings (SSSR count). The Morgan fingerprint density at radius 2 is 1.28 bits per heavy atom. The van der Waals surface area contributed by atoms with Gasteiger partial charge in [0.25, 0.3) is 0 Å². The molecule has 16 N–H and O–H groups in total. The highest BCUT2D eigenvalue weighted by Crippen LogP contribution is 2.58. The smallest absolute Gasteiger partial charge is 0.321 e. The van der Waals surface area contributed by atoms with Crippen LogP contribution in [0.3, 0.4) is 0 Å². The molecule has 6 aliphatic heterocycles. The third-order valence-corrected chi connectivity index (χ3v) is 23.6. The van der Waals surface area contributed by atoms with E-state index in [1.165, 1.54) is 49.5 Å². The first kappa shape index (κ1) is 82.4. The second-order valence-electron chi connectivity index (χ2n) is 31.3. The van der Waals surface area contributed by atoms with Crippen molar-refractivity contribution >= 4 is 76.1 Å². The molecule has 4 aliphatic carbocycles. The number of carbonyl (C=O) groups is 9. The molecule has 4 saturated carbocycles. The number of phenols is 3. The maximum Gasteiger partial charge on any atom is 0.321 e. The average Bonchev–Trinajstić information content (AvgIpc) is 0.732. The fourth-order valence-electron chi connectivity index (χ4n) is 17.3. The second kappa shape index (κ2) is 35.6. The van der Waals surface area contributed by atoms with Crippen molar-refractivity contribution in [3.05, 3.63) is 117 Å². The normalized spacial score (nSPS) is 28.5. The van der Waals surface area contributed by atoms with Crippen molar-refractivity contribution in [3.8, 4) is 57.1 Å². The zero-order chi connectivity index (χ0) is 80.3. The van der Waals surface area contributed by atoms with E-state index in [1.54, 1.807) is 0 Å². The molecule has 602 valence electrons. The zero-order valence-corrected chi connectivity index (χ0v) is 63.9. The number of carbonyl (C=O) groups excluding carboxylic acids is 9. The van der Waals surface area contributed by atoms with Crippen LogP contribution in [0.15, 0.2) is 78.9 Å². The highest BCUT2D eigenvalue weighted by Gasteiger charge is 2.51. The molecule has 15 bridgehead atoms. The summed E-state index contributed by atoms with van der Waals surface area (Å²) in [6, 6.07) is 5.23. The lowest BCUT2D eigenvalue weighted by molar-refractivity contribution is -0.277. The van der Waals surface area contributed by atoms with E-state index < -0.39 is 198 Å². The lowest BCUT2D eigenvalue weighted by Gasteiger charge is -2.54. The van der Waals surface area contributed by atoms with Gasteiger partial charge in [0.2, 0.25) is 41.6 Å². The Kier molecular flexibility index (Phi) is 26.2. The quantitative estimate of drug-likeness (QED) is 0.0335. The minimum atomic E-state index is -2.20. The largest absolute Gasteiger partial charge is 0.508 e. The number of ether oxygens (including phenoxy) is 4. The van der Waals surface area contributed by atoms with Crippen LogP contribution in [-0.4, -0.2) is 168 Å². The topological polar surface area (TPSA) is 457 Å². The van der Waals surface area contributed by atoms with Crippen molar-refractivity contribution in [2.45, 2.75) is 203 Å². The number of rotatable bonds is 20.